The fourth-order valence-electron chi connectivity index (χ4n) is 7.46. The van der Waals surface area contributed by atoms with Gasteiger partial charge in [-0.25, -0.2) is 0 Å². The second-order valence-corrected chi connectivity index (χ2v) is 11.4. The number of nitrogens with zero attached hydrogens (tertiary/aromatic N) is 2. The first-order valence-corrected chi connectivity index (χ1v) is 12.1. The van der Waals surface area contributed by atoms with Gasteiger partial charge in [0, 0.05) is 39.1 Å². The summed E-state index contributed by atoms with van der Waals surface area (Å²) in [6.07, 6.45) is 7.12. The van der Waals surface area contributed by atoms with Gasteiger partial charge in [-0.1, -0.05) is 38.1 Å². The lowest BCUT2D eigenvalue weighted by atomic mass is 9.47. The van der Waals surface area contributed by atoms with Crippen molar-refractivity contribution in [3.05, 3.63) is 35.4 Å². The molecule has 1 N–H and O–H groups in total. The highest BCUT2D eigenvalue weighted by Crippen LogP contribution is 2.62. The van der Waals surface area contributed by atoms with Crippen molar-refractivity contribution < 1.29 is 9.90 Å². The molecule has 30 heavy (non-hydrogen) atoms. The first-order chi connectivity index (χ1) is 14.3. The Morgan fingerprint density at radius 1 is 1.03 bits per heavy atom. The van der Waals surface area contributed by atoms with E-state index in [9.17, 15) is 9.90 Å². The standard InChI is InChI=1S/C26H38N2O2/c1-19(2)23-5-3-20(4-6-23)17-27-7-9-28(10-8-27)24(29)16-25-12-21-11-22(13-25)15-26(30,14-21)18-25/h3-6,19,21-22,30H,7-18H2,1-2H3/t21-,22+,25?,26?. The van der Waals surface area contributed by atoms with Crippen LogP contribution >= 0.6 is 0 Å². The fraction of sp³-hybridized carbons (Fsp3) is 0.731. The molecule has 0 aromatic heterocycles. The molecule has 4 saturated carbocycles. The lowest BCUT2D eigenvalue weighted by Gasteiger charge is -2.60. The number of hydrogen-bond acceptors (Lipinski definition) is 3. The van der Waals surface area contributed by atoms with Gasteiger partial charge in [-0.15, -0.1) is 0 Å². The first-order valence-electron chi connectivity index (χ1n) is 12.1. The van der Waals surface area contributed by atoms with Gasteiger partial charge in [-0.3, -0.25) is 9.69 Å². The Morgan fingerprint density at radius 2 is 1.67 bits per heavy atom. The van der Waals surface area contributed by atoms with Crippen LogP contribution in [0.2, 0.25) is 0 Å². The second kappa shape index (κ2) is 7.63. The second-order valence-electron chi connectivity index (χ2n) is 11.4. The maximum Gasteiger partial charge on any atom is 0.223 e. The number of piperazine rings is 1. The molecule has 1 amide bonds. The minimum absolute atomic E-state index is 0.0885. The highest BCUT2D eigenvalue weighted by atomic mass is 16.3. The zero-order valence-electron chi connectivity index (χ0n) is 18.8. The van der Waals surface area contributed by atoms with Crippen LogP contribution in [0.15, 0.2) is 24.3 Å². The summed E-state index contributed by atoms with van der Waals surface area (Å²) >= 11 is 0. The van der Waals surface area contributed by atoms with Crippen LogP contribution in [0.4, 0.5) is 0 Å². The molecule has 1 heterocycles. The van der Waals surface area contributed by atoms with Crippen molar-refractivity contribution in [2.45, 2.75) is 76.9 Å². The van der Waals surface area contributed by atoms with Crippen molar-refractivity contribution in [1.82, 2.24) is 9.80 Å². The summed E-state index contributed by atoms with van der Waals surface area (Å²) in [4.78, 5) is 17.8. The van der Waals surface area contributed by atoms with Gasteiger partial charge < -0.3 is 10.0 Å². The highest BCUT2D eigenvalue weighted by molar-refractivity contribution is 5.77. The smallest absolute Gasteiger partial charge is 0.223 e. The summed E-state index contributed by atoms with van der Waals surface area (Å²) in [6, 6.07) is 9.01. The number of rotatable bonds is 5. The van der Waals surface area contributed by atoms with Gasteiger partial charge in [-0.05, 0) is 72.8 Å². The van der Waals surface area contributed by atoms with Crippen LogP contribution < -0.4 is 0 Å². The van der Waals surface area contributed by atoms with E-state index in [4.69, 9.17) is 0 Å². The molecule has 2 unspecified atom stereocenters. The van der Waals surface area contributed by atoms with E-state index >= 15 is 0 Å². The van der Waals surface area contributed by atoms with E-state index in [1.807, 2.05) is 0 Å². The van der Waals surface area contributed by atoms with E-state index in [2.05, 4.69) is 47.9 Å². The average molecular weight is 411 g/mol. The number of carbonyl (C=O) groups excluding carboxylic acids is 1. The Hall–Kier alpha value is -1.39. The van der Waals surface area contributed by atoms with E-state index in [0.29, 0.717) is 30.1 Å². The van der Waals surface area contributed by atoms with Crippen LogP contribution in [0, 0.1) is 17.3 Å². The number of amides is 1. The van der Waals surface area contributed by atoms with Crippen molar-refractivity contribution in [1.29, 1.82) is 0 Å². The van der Waals surface area contributed by atoms with Crippen molar-refractivity contribution in [2.24, 2.45) is 17.3 Å². The number of hydrogen-bond donors (Lipinski definition) is 1. The number of benzene rings is 1. The topological polar surface area (TPSA) is 43.8 Å². The third-order valence-electron chi connectivity index (χ3n) is 8.46. The maximum absolute atomic E-state index is 13.2. The summed E-state index contributed by atoms with van der Waals surface area (Å²) < 4.78 is 0. The maximum atomic E-state index is 13.2. The average Bonchev–Trinajstić information content (AvgIpc) is 2.66. The Morgan fingerprint density at radius 3 is 2.23 bits per heavy atom. The summed E-state index contributed by atoms with van der Waals surface area (Å²) in [7, 11) is 0. The molecule has 5 aliphatic rings. The van der Waals surface area contributed by atoms with Gasteiger partial charge in [0.05, 0.1) is 5.60 Å². The van der Waals surface area contributed by atoms with Crippen molar-refractivity contribution >= 4 is 5.91 Å². The molecule has 4 atom stereocenters. The Kier molecular flexibility index (Phi) is 5.22. The Balaban J connectivity index is 1.14. The van der Waals surface area contributed by atoms with Gasteiger partial charge in [-0.2, -0.15) is 0 Å². The Labute approximate surface area is 181 Å². The lowest BCUT2D eigenvalue weighted by Crippen LogP contribution is -2.57. The summed E-state index contributed by atoms with van der Waals surface area (Å²) in [6.45, 7) is 9.04. The molecule has 1 saturated heterocycles. The summed E-state index contributed by atoms with van der Waals surface area (Å²) in [5, 5.41) is 11.0. The molecule has 1 aromatic rings. The van der Waals surface area contributed by atoms with Gasteiger partial charge in [0.15, 0.2) is 0 Å². The molecule has 4 aliphatic carbocycles. The molecule has 1 aliphatic heterocycles. The number of carbonyl (C=O) groups is 1. The zero-order chi connectivity index (χ0) is 20.9. The SMILES string of the molecule is CC(C)c1ccc(CN2CCN(C(=O)CC34C[C@@H]5C[C@@H](CC(O)(C5)C3)C4)CC2)cc1. The van der Waals surface area contributed by atoms with Gasteiger partial charge in [0.2, 0.25) is 5.91 Å². The molecule has 4 nitrogen and oxygen atoms in total. The molecular formula is C26H38N2O2. The monoisotopic (exact) mass is 410 g/mol. The molecule has 6 rings (SSSR count). The zero-order valence-corrected chi connectivity index (χ0v) is 18.8. The predicted molar refractivity (Wildman–Crippen MR) is 119 cm³/mol. The van der Waals surface area contributed by atoms with E-state index in [1.54, 1.807) is 0 Å². The normalized spacial score (nSPS) is 35.9. The van der Waals surface area contributed by atoms with Crippen LogP contribution in [0.5, 0.6) is 0 Å². The molecule has 0 radical (unpaired) electrons. The molecule has 5 fully saturated rings. The van der Waals surface area contributed by atoms with Crippen molar-refractivity contribution in [2.75, 3.05) is 26.2 Å². The van der Waals surface area contributed by atoms with Crippen LogP contribution in [0.25, 0.3) is 0 Å². The van der Waals surface area contributed by atoms with Gasteiger partial charge >= 0.3 is 0 Å². The quantitative estimate of drug-likeness (QED) is 0.792. The van der Waals surface area contributed by atoms with Gasteiger partial charge in [0.1, 0.15) is 0 Å². The predicted octanol–water partition coefficient (Wildman–Crippen LogP) is 4.18. The molecule has 4 bridgehead atoms. The molecule has 1 aromatic carbocycles. The third kappa shape index (κ3) is 4.05. The van der Waals surface area contributed by atoms with E-state index in [-0.39, 0.29) is 5.41 Å². The summed E-state index contributed by atoms with van der Waals surface area (Å²) in [5.74, 6) is 2.22. The first kappa shape index (κ1) is 20.5. The largest absolute Gasteiger partial charge is 0.390 e. The minimum Gasteiger partial charge on any atom is -0.390 e. The van der Waals surface area contributed by atoms with E-state index in [0.717, 1.165) is 52.0 Å². The fourth-order valence-corrected chi connectivity index (χ4v) is 7.46. The molecule has 4 heteroatoms. The molecule has 164 valence electrons. The van der Waals surface area contributed by atoms with E-state index in [1.165, 1.54) is 30.4 Å². The molecular weight excluding hydrogens is 372 g/mol. The van der Waals surface area contributed by atoms with Crippen LogP contribution in [-0.4, -0.2) is 52.6 Å². The Bertz CT molecular complexity index is 765. The van der Waals surface area contributed by atoms with Crippen LogP contribution in [0.3, 0.4) is 0 Å². The van der Waals surface area contributed by atoms with Crippen molar-refractivity contribution in [3.8, 4) is 0 Å². The number of aliphatic hydroxyl groups is 1. The van der Waals surface area contributed by atoms with Crippen molar-refractivity contribution in [3.63, 3.8) is 0 Å². The lowest BCUT2D eigenvalue weighted by molar-refractivity contribution is -0.172. The third-order valence-corrected chi connectivity index (χ3v) is 8.46. The van der Waals surface area contributed by atoms with Crippen LogP contribution in [0.1, 0.15) is 75.8 Å². The van der Waals surface area contributed by atoms with Gasteiger partial charge in [0.25, 0.3) is 0 Å². The minimum atomic E-state index is -0.464. The molecule has 0 spiro atoms. The summed E-state index contributed by atoms with van der Waals surface area (Å²) in [5.41, 5.74) is 2.38. The van der Waals surface area contributed by atoms with Crippen LogP contribution in [-0.2, 0) is 11.3 Å². The highest BCUT2D eigenvalue weighted by Gasteiger charge is 2.57. The van der Waals surface area contributed by atoms with E-state index < -0.39 is 5.60 Å².